The van der Waals surface area contributed by atoms with Gasteiger partial charge in [0.2, 0.25) is 5.71 Å². The van der Waals surface area contributed by atoms with Gasteiger partial charge in [0.15, 0.2) is 5.84 Å². The molecular weight excluding hydrogens is 230 g/mol. The lowest BCUT2D eigenvalue weighted by Gasteiger charge is -2.09. The summed E-state index contributed by atoms with van der Waals surface area (Å²) in [5.74, 6) is -0.0333. The molecule has 0 spiro atoms. The minimum Gasteiger partial charge on any atom is -0.508 e. The predicted octanol–water partition coefficient (Wildman–Crippen LogP) is 1.74. The van der Waals surface area contributed by atoms with Gasteiger partial charge in [-0.2, -0.15) is 10.4 Å². The Morgan fingerprint density at radius 1 is 1.56 bits per heavy atom. The first kappa shape index (κ1) is 13.5. The molecule has 0 saturated carbocycles. The fourth-order valence-corrected chi connectivity index (χ4v) is 1.37. The third-order valence-corrected chi connectivity index (χ3v) is 2.31. The summed E-state index contributed by atoms with van der Waals surface area (Å²) in [7, 11) is 0. The number of hydrogen-bond acceptors (Lipinski definition) is 5. The van der Waals surface area contributed by atoms with E-state index < -0.39 is 5.84 Å². The van der Waals surface area contributed by atoms with Gasteiger partial charge in [0.1, 0.15) is 11.8 Å². The van der Waals surface area contributed by atoms with E-state index in [1.807, 2.05) is 13.8 Å². The SMILES string of the molecule is CC(C)c1ccc(N/N=C(\C#N)C(=N)N)cc1O. The van der Waals surface area contributed by atoms with Crippen molar-refractivity contribution in [2.24, 2.45) is 10.8 Å². The van der Waals surface area contributed by atoms with E-state index in [0.29, 0.717) is 5.69 Å². The number of amidine groups is 1. The first-order chi connectivity index (χ1) is 8.45. The second-order valence-electron chi connectivity index (χ2n) is 4.03. The summed E-state index contributed by atoms with van der Waals surface area (Å²) in [5.41, 5.74) is 8.86. The molecule has 0 atom stereocenters. The van der Waals surface area contributed by atoms with Crippen LogP contribution in [0, 0.1) is 16.7 Å². The summed E-state index contributed by atoms with van der Waals surface area (Å²) in [6.45, 7) is 3.95. The summed E-state index contributed by atoms with van der Waals surface area (Å²) in [6.07, 6.45) is 0. The molecule has 5 N–H and O–H groups in total. The van der Waals surface area contributed by atoms with Crippen LogP contribution in [0.2, 0.25) is 0 Å². The average molecular weight is 245 g/mol. The number of hydrazone groups is 1. The van der Waals surface area contributed by atoms with Crippen molar-refractivity contribution in [3.63, 3.8) is 0 Å². The molecule has 6 nitrogen and oxygen atoms in total. The van der Waals surface area contributed by atoms with E-state index in [1.54, 1.807) is 18.2 Å². The number of phenolic OH excluding ortho intramolecular Hbond substituents is 1. The van der Waals surface area contributed by atoms with Crippen molar-refractivity contribution >= 4 is 17.2 Å². The minimum absolute atomic E-state index is 0.159. The quantitative estimate of drug-likeness (QED) is 0.367. The van der Waals surface area contributed by atoms with Crippen molar-refractivity contribution in [2.45, 2.75) is 19.8 Å². The van der Waals surface area contributed by atoms with Gasteiger partial charge in [0.05, 0.1) is 5.69 Å². The topological polar surface area (TPSA) is 118 Å². The Kier molecular flexibility index (Phi) is 4.27. The second kappa shape index (κ2) is 5.68. The van der Waals surface area contributed by atoms with Crippen LogP contribution in [0.15, 0.2) is 23.3 Å². The molecule has 0 aromatic heterocycles. The molecule has 1 aromatic carbocycles. The number of anilines is 1. The fraction of sp³-hybridized carbons (Fsp3) is 0.250. The van der Waals surface area contributed by atoms with Crippen LogP contribution in [0.5, 0.6) is 5.75 Å². The van der Waals surface area contributed by atoms with Gasteiger partial charge in [0, 0.05) is 6.07 Å². The molecule has 0 aliphatic heterocycles. The Labute approximate surface area is 105 Å². The monoisotopic (exact) mass is 245 g/mol. The number of phenols is 1. The summed E-state index contributed by atoms with van der Waals surface area (Å²) in [6, 6.07) is 6.70. The van der Waals surface area contributed by atoms with Gasteiger partial charge in [-0.25, -0.2) is 0 Å². The van der Waals surface area contributed by atoms with E-state index in [4.69, 9.17) is 16.4 Å². The molecule has 1 rings (SSSR count). The maximum absolute atomic E-state index is 9.77. The van der Waals surface area contributed by atoms with E-state index in [0.717, 1.165) is 5.56 Å². The normalized spacial score (nSPS) is 11.1. The van der Waals surface area contributed by atoms with Crippen LogP contribution >= 0.6 is 0 Å². The van der Waals surface area contributed by atoms with Crippen molar-refractivity contribution in [3.8, 4) is 11.8 Å². The zero-order valence-corrected chi connectivity index (χ0v) is 10.2. The number of rotatable bonds is 4. The van der Waals surface area contributed by atoms with Crippen molar-refractivity contribution in [1.82, 2.24) is 0 Å². The summed E-state index contributed by atoms with van der Waals surface area (Å²) >= 11 is 0. The van der Waals surface area contributed by atoms with Gasteiger partial charge in [-0.05, 0) is 17.5 Å². The van der Waals surface area contributed by atoms with E-state index >= 15 is 0 Å². The fourth-order valence-electron chi connectivity index (χ4n) is 1.37. The zero-order valence-electron chi connectivity index (χ0n) is 10.2. The number of nitrogens with zero attached hydrogens (tertiary/aromatic N) is 2. The highest BCUT2D eigenvalue weighted by molar-refractivity contribution is 6.45. The highest BCUT2D eigenvalue weighted by Gasteiger charge is 2.06. The molecule has 1 aromatic rings. The number of hydrogen-bond donors (Lipinski definition) is 4. The summed E-state index contributed by atoms with van der Waals surface area (Å²) in [5, 5.41) is 29.2. The molecule has 0 aliphatic carbocycles. The molecule has 0 unspecified atom stereocenters. The third-order valence-electron chi connectivity index (χ3n) is 2.31. The Morgan fingerprint density at radius 3 is 2.67 bits per heavy atom. The molecular formula is C12H15N5O. The maximum Gasteiger partial charge on any atom is 0.201 e. The lowest BCUT2D eigenvalue weighted by molar-refractivity contribution is 0.465. The van der Waals surface area contributed by atoms with Crippen LogP contribution in [0.1, 0.15) is 25.3 Å². The highest BCUT2D eigenvalue weighted by atomic mass is 16.3. The molecule has 0 radical (unpaired) electrons. The Bertz CT molecular complexity index is 528. The minimum atomic E-state index is -0.409. The van der Waals surface area contributed by atoms with Gasteiger partial charge < -0.3 is 10.8 Å². The molecule has 0 saturated heterocycles. The molecule has 0 amide bonds. The van der Waals surface area contributed by atoms with Gasteiger partial charge in [-0.15, -0.1) is 0 Å². The van der Waals surface area contributed by atoms with E-state index in [1.165, 1.54) is 6.07 Å². The molecule has 6 heteroatoms. The number of benzene rings is 1. The third kappa shape index (κ3) is 3.22. The maximum atomic E-state index is 9.77. The van der Waals surface area contributed by atoms with Gasteiger partial charge in [-0.1, -0.05) is 19.9 Å². The highest BCUT2D eigenvalue weighted by Crippen LogP contribution is 2.28. The van der Waals surface area contributed by atoms with Crippen molar-refractivity contribution in [3.05, 3.63) is 23.8 Å². The molecule has 18 heavy (non-hydrogen) atoms. The summed E-state index contributed by atoms with van der Waals surface area (Å²) < 4.78 is 0. The first-order valence-corrected chi connectivity index (χ1v) is 5.36. The second-order valence-corrected chi connectivity index (χ2v) is 4.03. The van der Waals surface area contributed by atoms with Crippen LogP contribution in [0.4, 0.5) is 5.69 Å². The van der Waals surface area contributed by atoms with Crippen LogP contribution in [0.3, 0.4) is 0 Å². The smallest absolute Gasteiger partial charge is 0.201 e. The number of nitriles is 1. The molecule has 94 valence electrons. The van der Waals surface area contributed by atoms with Gasteiger partial charge in [-0.3, -0.25) is 10.8 Å². The van der Waals surface area contributed by atoms with Crippen LogP contribution < -0.4 is 11.2 Å². The van der Waals surface area contributed by atoms with Crippen LogP contribution in [0.25, 0.3) is 0 Å². The lowest BCUT2D eigenvalue weighted by Crippen LogP contribution is -2.21. The van der Waals surface area contributed by atoms with Crippen LogP contribution in [-0.2, 0) is 0 Å². The van der Waals surface area contributed by atoms with Crippen molar-refractivity contribution < 1.29 is 5.11 Å². The van der Waals surface area contributed by atoms with Crippen molar-refractivity contribution in [1.29, 1.82) is 10.7 Å². The molecule has 0 bridgehead atoms. The van der Waals surface area contributed by atoms with E-state index in [9.17, 15) is 5.11 Å². The van der Waals surface area contributed by atoms with E-state index in [-0.39, 0.29) is 17.4 Å². The van der Waals surface area contributed by atoms with Crippen molar-refractivity contribution in [2.75, 3.05) is 5.43 Å². The van der Waals surface area contributed by atoms with Gasteiger partial charge >= 0.3 is 0 Å². The molecule has 0 heterocycles. The Balaban J connectivity index is 2.91. The average Bonchev–Trinajstić information content (AvgIpc) is 2.28. The zero-order chi connectivity index (χ0) is 13.7. The Hall–Kier alpha value is -2.55. The number of nitrogens with two attached hydrogens (primary N) is 1. The Morgan fingerprint density at radius 2 is 2.22 bits per heavy atom. The predicted molar refractivity (Wildman–Crippen MR) is 70.8 cm³/mol. The summed E-state index contributed by atoms with van der Waals surface area (Å²) in [4.78, 5) is 0. The van der Waals surface area contributed by atoms with E-state index in [2.05, 4.69) is 10.5 Å². The van der Waals surface area contributed by atoms with Gasteiger partial charge in [0.25, 0.3) is 0 Å². The first-order valence-electron chi connectivity index (χ1n) is 5.36. The standard InChI is InChI=1S/C12H15N5O/c1-7(2)9-4-3-8(5-11(9)18)16-17-10(6-13)12(14)15/h3-5,7,16,18H,1-2H3,(H3,14,15)/b17-10+. The van der Waals surface area contributed by atoms with Crippen LogP contribution in [-0.4, -0.2) is 16.7 Å². The molecule has 0 fully saturated rings. The largest absolute Gasteiger partial charge is 0.508 e. The number of nitrogens with one attached hydrogen (secondary N) is 2. The lowest BCUT2D eigenvalue weighted by atomic mass is 10.0. The molecule has 0 aliphatic rings. The number of aromatic hydroxyl groups is 1.